The summed E-state index contributed by atoms with van der Waals surface area (Å²) in [7, 11) is 0. The van der Waals surface area contributed by atoms with Gasteiger partial charge in [0.1, 0.15) is 0 Å². The fourth-order valence-electron chi connectivity index (χ4n) is 3.08. The number of alkyl halides is 3. The summed E-state index contributed by atoms with van der Waals surface area (Å²) in [5.41, 5.74) is 2.60. The fraction of sp³-hybridized carbons (Fsp3) is 0.364. The van der Waals surface area contributed by atoms with E-state index in [1.165, 1.54) is 22.7 Å². The van der Waals surface area contributed by atoms with Crippen molar-refractivity contribution in [1.82, 2.24) is 4.98 Å². The van der Waals surface area contributed by atoms with E-state index in [-0.39, 0.29) is 18.9 Å². The summed E-state index contributed by atoms with van der Waals surface area (Å²) in [6.07, 6.45) is -3.26. The van der Waals surface area contributed by atoms with Gasteiger partial charge in [0, 0.05) is 41.9 Å². The minimum absolute atomic E-state index is 0.00902. The number of amides is 1. The Hall–Kier alpha value is -2.43. The number of nitrogens with one attached hydrogen (secondary N) is 2. The van der Waals surface area contributed by atoms with Crippen molar-refractivity contribution in [1.29, 1.82) is 0 Å². The molecule has 2 aromatic heterocycles. The van der Waals surface area contributed by atoms with E-state index < -0.39 is 12.6 Å². The summed E-state index contributed by atoms with van der Waals surface area (Å²) in [5.74, 6) is -0.240. The van der Waals surface area contributed by atoms with Crippen molar-refractivity contribution in [3.63, 3.8) is 0 Å². The van der Waals surface area contributed by atoms with Crippen LogP contribution in [0.25, 0.3) is 0 Å². The number of aryl methyl sites for hydroxylation is 1. The minimum Gasteiger partial charge on any atom is -0.396 e. The van der Waals surface area contributed by atoms with Crippen LogP contribution in [-0.4, -0.2) is 28.8 Å². The van der Waals surface area contributed by atoms with Gasteiger partial charge < -0.3 is 10.4 Å². The SMILES string of the molecule is O=C(Nc1nc(CCO)cs1)c1ccc(CNc2ccccc2CCCCC(F)(F)F)s1. The number of para-hydroxylation sites is 1. The molecule has 172 valence electrons. The molecule has 0 saturated heterocycles. The number of aromatic nitrogens is 1. The van der Waals surface area contributed by atoms with Crippen LogP contribution in [0.1, 0.15) is 45.1 Å². The molecule has 0 atom stereocenters. The first-order valence-electron chi connectivity index (χ1n) is 10.2. The quantitative estimate of drug-likeness (QED) is 0.298. The number of aliphatic hydroxyl groups excluding tert-OH is 1. The first kappa shape index (κ1) is 24.2. The van der Waals surface area contributed by atoms with Gasteiger partial charge in [-0.05, 0) is 43.0 Å². The zero-order valence-corrected chi connectivity index (χ0v) is 18.9. The van der Waals surface area contributed by atoms with E-state index in [1.54, 1.807) is 11.4 Å². The number of hydrogen-bond acceptors (Lipinski definition) is 6. The normalized spacial score (nSPS) is 11.5. The second-order valence-electron chi connectivity index (χ2n) is 7.17. The molecule has 0 bridgehead atoms. The third kappa shape index (κ3) is 7.61. The van der Waals surface area contributed by atoms with E-state index in [0.717, 1.165) is 21.8 Å². The molecule has 32 heavy (non-hydrogen) atoms. The molecule has 3 aromatic rings. The van der Waals surface area contributed by atoms with Gasteiger partial charge in [0.05, 0.1) is 10.6 Å². The lowest BCUT2D eigenvalue weighted by atomic mass is 10.0. The van der Waals surface area contributed by atoms with Crippen LogP contribution in [-0.2, 0) is 19.4 Å². The Bertz CT molecular complexity index is 1020. The molecule has 0 aliphatic heterocycles. The molecular weight excluding hydrogens is 459 g/mol. The number of benzene rings is 1. The van der Waals surface area contributed by atoms with Crippen LogP contribution in [0.2, 0.25) is 0 Å². The second kappa shape index (κ2) is 11.4. The lowest BCUT2D eigenvalue weighted by Crippen LogP contribution is -2.10. The van der Waals surface area contributed by atoms with Gasteiger partial charge in [-0.15, -0.1) is 22.7 Å². The van der Waals surface area contributed by atoms with E-state index in [1.807, 2.05) is 30.3 Å². The highest BCUT2D eigenvalue weighted by Gasteiger charge is 2.25. The Kier molecular flexibility index (Phi) is 8.66. The summed E-state index contributed by atoms with van der Waals surface area (Å²) in [5, 5.41) is 17.3. The molecule has 0 radical (unpaired) electrons. The van der Waals surface area contributed by atoms with Crippen LogP contribution in [0.3, 0.4) is 0 Å². The zero-order valence-electron chi connectivity index (χ0n) is 17.2. The predicted octanol–water partition coefficient (Wildman–Crippen LogP) is 5.88. The Morgan fingerprint density at radius 1 is 1.09 bits per heavy atom. The van der Waals surface area contributed by atoms with Gasteiger partial charge in [0.15, 0.2) is 5.13 Å². The van der Waals surface area contributed by atoms with Gasteiger partial charge in [-0.3, -0.25) is 10.1 Å². The van der Waals surface area contributed by atoms with Crippen molar-refractivity contribution in [2.75, 3.05) is 17.2 Å². The average Bonchev–Trinajstić information content (AvgIpc) is 3.40. The van der Waals surface area contributed by atoms with Crippen LogP contribution in [0.15, 0.2) is 41.8 Å². The first-order chi connectivity index (χ1) is 15.3. The minimum atomic E-state index is -4.11. The molecule has 2 heterocycles. The third-order valence-corrected chi connectivity index (χ3v) is 6.54. The van der Waals surface area contributed by atoms with Crippen LogP contribution in [0.4, 0.5) is 24.0 Å². The summed E-state index contributed by atoms with van der Waals surface area (Å²) in [4.78, 5) is 18.2. The fourth-order valence-corrected chi connectivity index (χ4v) is 4.66. The van der Waals surface area contributed by atoms with E-state index in [9.17, 15) is 18.0 Å². The molecule has 0 unspecified atom stereocenters. The van der Waals surface area contributed by atoms with Crippen molar-refractivity contribution < 1.29 is 23.1 Å². The molecule has 0 fully saturated rings. The number of unbranched alkanes of at least 4 members (excludes halogenated alkanes) is 1. The van der Waals surface area contributed by atoms with Crippen molar-refractivity contribution in [3.8, 4) is 0 Å². The highest BCUT2D eigenvalue weighted by molar-refractivity contribution is 7.15. The number of carbonyl (C=O) groups is 1. The zero-order chi connectivity index (χ0) is 23.0. The molecule has 1 aromatic carbocycles. The van der Waals surface area contributed by atoms with E-state index in [4.69, 9.17) is 5.11 Å². The van der Waals surface area contributed by atoms with Crippen LogP contribution in [0, 0.1) is 0 Å². The number of thiazole rings is 1. The molecule has 0 aliphatic carbocycles. The molecule has 0 spiro atoms. The maximum atomic E-state index is 12.5. The lowest BCUT2D eigenvalue weighted by Gasteiger charge is -2.12. The van der Waals surface area contributed by atoms with Crippen molar-refractivity contribution in [2.24, 2.45) is 0 Å². The third-order valence-electron chi connectivity index (χ3n) is 4.65. The van der Waals surface area contributed by atoms with Gasteiger partial charge in [0.25, 0.3) is 5.91 Å². The van der Waals surface area contributed by atoms with Crippen LogP contribution >= 0.6 is 22.7 Å². The number of rotatable bonds is 11. The molecule has 10 heteroatoms. The van der Waals surface area contributed by atoms with E-state index >= 15 is 0 Å². The monoisotopic (exact) mass is 483 g/mol. The largest absolute Gasteiger partial charge is 0.396 e. The number of halogens is 3. The summed E-state index contributed by atoms with van der Waals surface area (Å²) in [6.45, 7) is 0.518. The molecule has 0 saturated carbocycles. The number of carbonyl (C=O) groups excluding carboxylic acids is 1. The molecule has 5 nitrogen and oxygen atoms in total. The number of thiophene rings is 1. The standard InChI is InChI=1S/C22H24F3N3O2S2/c23-22(24,25)11-4-3-6-15-5-1-2-7-18(15)26-13-17-8-9-19(32-17)20(30)28-21-27-16(10-12-29)14-31-21/h1-2,5,7-9,14,26,29H,3-4,6,10-13H2,(H,27,28,30). The molecule has 3 rings (SSSR count). The molecule has 3 N–H and O–H groups in total. The van der Waals surface area contributed by atoms with Crippen LogP contribution < -0.4 is 10.6 Å². The first-order valence-corrected chi connectivity index (χ1v) is 11.9. The molecule has 1 amide bonds. The Balaban J connectivity index is 1.52. The summed E-state index contributed by atoms with van der Waals surface area (Å²) >= 11 is 2.68. The van der Waals surface area contributed by atoms with Gasteiger partial charge in [-0.25, -0.2) is 4.98 Å². The average molecular weight is 484 g/mol. The topological polar surface area (TPSA) is 74.2 Å². The smallest absolute Gasteiger partial charge is 0.389 e. The van der Waals surface area contributed by atoms with Gasteiger partial charge >= 0.3 is 6.18 Å². The van der Waals surface area contributed by atoms with Crippen molar-refractivity contribution in [3.05, 3.63) is 62.8 Å². The van der Waals surface area contributed by atoms with Gasteiger partial charge in [-0.2, -0.15) is 13.2 Å². The van der Waals surface area contributed by atoms with Gasteiger partial charge in [-0.1, -0.05) is 18.2 Å². The predicted molar refractivity (Wildman–Crippen MR) is 123 cm³/mol. The highest BCUT2D eigenvalue weighted by Crippen LogP contribution is 2.25. The van der Waals surface area contributed by atoms with E-state index in [0.29, 0.717) is 35.8 Å². The number of hydrogen-bond donors (Lipinski definition) is 3. The van der Waals surface area contributed by atoms with Crippen molar-refractivity contribution in [2.45, 2.75) is 44.8 Å². The van der Waals surface area contributed by atoms with E-state index in [2.05, 4.69) is 15.6 Å². The number of aliphatic hydroxyl groups is 1. The number of nitrogens with zero attached hydrogens (tertiary/aromatic N) is 1. The molecule has 0 aliphatic rings. The Morgan fingerprint density at radius 2 is 1.91 bits per heavy atom. The maximum absolute atomic E-state index is 12.5. The van der Waals surface area contributed by atoms with Crippen LogP contribution in [0.5, 0.6) is 0 Å². The summed E-state index contributed by atoms with van der Waals surface area (Å²) < 4.78 is 37.0. The molecular formula is C22H24F3N3O2S2. The number of anilines is 2. The maximum Gasteiger partial charge on any atom is 0.389 e. The second-order valence-corrected chi connectivity index (χ2v) is 9.20. The highest BCUT2D eigenvalue weighted by atomic mass is 32.1. The van der Waals surface area contributed by atoms with Crippen molar-refractivity contribution >= 4 is 39.4 Å². The lowest BCUT2D eigenvalue weighted by molar-refractivity contribution is -0.135. The Morgan fingerprint density at radius 3 is 2.69 bits per heavy atom. The Labute approximate surface area is 192 Å². The summed E-state index contributed by atoms with van der Waals surface area (Å²) in [6, 6.07) is 11.2. The van der Waals surface area contributed by atoms with Gasteiger partial charge in [0.2, 0.25) is 0 Å².